The Labute approximate surface area is 106 Å². The molecule has 94 valence electrons. The second-order valence-corrected chi connectivity index (χ2v) is 5.32. The molecule has 1 aliphatic heterocycles. The number of hydrogen-bond acceptors (Lipinski definition) is 4. The Morgan fingerprint density at radius 3 is 2.82 bits per heavy atom. The van der Waals surface area contributed by atoms with Gasteiger partial charge in [-0.25, -0.2) is 4.98 Å². The molecule has 0 aliphatic carbocycles. The molecule has 2 rings (SSSR count). The lowest BCUT2D eigenvalue weighted by Crippen LogP contribution is -2.42. The van der Waals surface area contributed by atoms with Crippen LogP contribution in [-0.2, 0) is 13.6 Å². The van der Waals surface area contributed by atoms with E-state index in [-0.39, 0.29) is 5.54 Å². The number of thioether (sulfide) groups is 1. The zero-order valence-corrected chi connectivity index (χ0v) is 11.4. The molecule has 17 heavy (non-hydrogen) atoms. The third-order valence-corrected chi connectivity index (χ3v) is 4.42. The highest BCUT2D eigenvalue weighted by Crippen LogP contribution is 2.28. The fourth-order valence-electron chi connectivity index (χ4n) is 1.82. The first-order valence-electron chi connectivity index (χ1n) is 5.97. The van der Waals surface area contributed by atoms with E-state index in [0.717, 1.165) is 29.6 Å². The van der Waals surface area contributed by atoms with E-state index >= 15 is 0 Å². The van der Waals surface area contributed by atoms with E-state index in [1.807, 2.05) is 7.05 Å². The normalized spacial score (nSPS) is 20.8. The Balaban J connectivity index is 1.96. The highest BCUT2D eigenvalue weighted by molar-refractivity contribution is 8.14. The minimum Gasteiger partial charge on any atom is -0.359 e. The summed E-state index contributed by atoms with van der Waals surface area (Å²) in [6.45, 7) is 5.00. The molecule has 0 saturated carbocycles. The first kappa shape index (κ1) is 12.4. The number of aromatic nitrogens is 3. The van der Waals surface area contributed by atoms with E-state index in [1.165, 1.54) is 0 Å². The molecule has 2 heterocycles. The third-order valence-electron chi connectivity index (χ3n) is 3.22. The maximum Gasteiger partial charge on any atom is 0.172 e. The van der Waals surface area contributed by atoms with Gasteiger partial charge in [0.25, 0.3) is 0 Å². The maximum atomic E-state index is 4.53. The molecule has 0 radical (unpaired) electrons. The van der Waals surface area contributed by atoms with E-state index in [0.29, 0.717) is 6.54 Å². The SMILES string of the molecule is CCC1(CC)CSC(=NCc2ncn(C)n2)N1. The van der Waals surface area contributed by atoms with Crippen molar-refractivity contribution in [1.29, 1.82) is 0 Å². The Morgan fingerprint density at radius 1 is 1.53 bits per heavy atom. The zero-order chi connectivity index (χ0) is 12.3. The predicted molar refractivity (Wildman–Crippen MR) is 71.0 cm³/mol. The molecular formula is C11H19N5S. The predicted octanol–water partition coefficient (Wildman–Crippen LogP) is 1.57. The van der Waals surface area contributed by atoms with Gasteiger partial charge in [-0.1, -0.05) is 25.6 Å². The highest BCUT2D eigenvalue weighted by Gasteiger charge is 2.33. The third kappa shape index (κ3) is 2.80. The molecular weight excluding hydrogens is 234 g/mol. The van der Waals surface area contributed by atoms with Gasteiger partial charge in [0.2, 0.25) is 0 Å². The summed E-state index contributed by atoms with van der Waals surface area (Å²) in [5.74, 6) is 1.88. The second-order valence-electron chi connectivity index (χ2n) is 4.36. The molecule has 0 atom stereocenters. The quantitative estimate of drug-likeness (QED) is 0.885. The molecule has 0 spiro atoms. The molecule has 1 aliphatic rings. The average Bonchev–Trinajstić information content (AvgIpc) is 2.93. The van der Waals surface area contributed by atoms with Crippen LogP contribution in [0.5, 0.6) is 0 Å². The Bertz CT molecular complexity index is 408. The summed E-state index contributed by atoms with van der Waals surface area (Å²) in [7, 11) is 1.87. The minimum absolute atomic E-state index is 0.237. The first-order chi connectivity index (χ1) is 8.17. The minimum atomic E-state index is 0.237. The lowest BCUT2D eigenvalue weighted by atomic mass is 9.96. The molecule has 6 heteroatoms. The number of rotatable bonds is 4. The van der Waals surface area contributed by atoms with Gasteiger partial charge < -0.3 is 5.32 Å². The van der Waals surface area contributed by atoms with Crippen LogP contribution >= 0.6 is 11.8 Å². The van der Waals surface area contributed by atoms with Crippen LogP contribution < -0.4 is 5.32 Å². The monoisotopic (exact) mass is 253 g/mol. The molecule has 0 unspecified atom stereocenters. The van der Waals surface area contributed by atoms with Gasteiger partial charge in [-0.2, -0.15) is 5.10 Å². The van der Waals surface area contributed by atoms with Crippen molar-refractivity contribution >= 4 is 16.9 Å². The fraction of sp³-hybridized carbons (Fsp3) is 0.727. The van der Waals surface area contributed by atoms with Gasteiger partial charge in [-0.05, 0) is 12.8 Å². The molecule has 0 aromatic carbocycles. The Morgan fingerprint density at radius 2 is 2.29 bits per heavy atom. The lowest BCUT2D eigenvalue weighted by Gasteiger charge is -2.25. The van der Waals surface area contributed by atoms with Gasteiger partial charge in [-0.15, -0.1) is 0 Å². The largest absolute Gasteiger partial charge is 0.359 e. The van der Waals surface area contributed by atoms with Crippen molar-refractivity contribution in [3.8, 4) is 0 Å². The number of aryl methyl sites for hydroxylation is 1. The molecule has 1 fully saturated rings. The molecule has 0 amide bonds. The summed E-state index contributed by atoms with van der Waals surface area (Å²) in [5.41, 5.74) is 0.237. The summed E-state index contributed by atoms with van der Waals surface area (Å²) >= 11 is 1.80. The maximum absolute atomic E-state index is 4.53. The summed E-state index contributed by atoms with van der Waals surface area (Å²) in [4.78, 5) is 8.69. The molecule has 1 saturated heterocycles. The van der Waals surface area contributed by atoms with Crippen molar-refractivity contribution < 1.29 is 0 Å². The van der Waals surface area contributed by atoms with Gasteiger partial charge >= 0.3 is 0 Å². The molecule has 1 aromatic rings. The van der Waals surface area contributed by atoms with Crippen LogP contribution in [0.25, 0.3) is 0 Å². The van der Waals surface area contributed by atoms with Gasteiger partial charge in [0.05, 0.1) is 0 Å². The fourth-order valence-corrected chi connectivity index (χ4v) is 3.16. The van der Waals surface area contributed by atoms with Gasteiger partial charge in [0, 0.05) is 18.3 Å². The summed E-state index contributed by atoms with van der Waals surface area (Å²) in [6, 6.07) is 0. The number of hydrogen-bond donors (Lipinski definition) is 1. The Hall–Kier alpha value is -1.04. The van der Waals surface area contributed by atoms with Gasteiger partial charge in [0.15, 0.2) is 11.0 Å². The number of amidine groups is 1. The summed E-state index contributed by atoms with van der Waals surface area (Å²) in [6.07, 6.45) is 3.97. The average molecular weight is 253 g/mol. The lowest BCUT2D eigenvalue weighted by molar-refractivity contribution is 0.407. The smallest absolute Gasteiger partial charge is 0.172 e. The van der Waals surface area contributed by atoms with E-state index in [4.69, 9.17) is 0 Å². The van der Waals surface area contributed by atoms with Crippen LogP contribution in [0.2, 0.25) is 0 Å². The van der Waals surface area contributed by atoms with Crippen molar-refractivity contribution in [3.05, 3.63) is 12.2 Å². The zero-order valence-electron chi connectivity index (χ0n) is 10.6. The molecule has 1 aromatic heterocycles. The number of nitrogens with zero attached hydrogens (tertiary/aromatic N) is 4. The molecule has 5 nitrogen and oxygen atoms in total. The van der Waals surface area contributed by atoms with Crippen molar-refractivity contribution in [1.82, 2.24) is 20.1 Å². The van der Waals surface area contributed by atoms with E-state index < -0.39 is 0 Å². The summed E-state index contributed by atoms with van der Waals surface area (Å²) in [5, 5.41) is 8.77. The van der Waals surface area contributed by atoms with Crippen LogP contribution in [-0.4, -0.2) is 31.2 Å². The summed E-state index contributed by atoms with van der Waals surface area (Å²) < 4.78 is 1.70. The van der Waals surface area contributed by atoms with E-state index in [1.54, 1.807) is 22.8 Å². The van der Waals surface area contributed by atoms with Crippen molar-refractivity contribution in [2.75, 3.05) is 5.75 Å². The first-order valence-corrected chi connectivity index (χ1v) is 6.96. The second kappa shape index (κ2) is 5.08. The van der Waals surface area contributed by atoms with Crippen LogP contribution in [0.3, 0.4) is 0 Å². The van der Waals surface area contributed by atoms with Crippen LogP contribution in [0.4, 0.5) is 0 Å². The van der Waals surface area contributed by atoms with Crippen molar-refractivity contribution in [3.63, 3.8) is 0 Å². The topological polar surface area (TPSA) is 55.1 Å². The number of nitrogens with one attached hydrogen (secondary N) is 1. The van der Waals surface area contributed by atoms with Gasteiger partial charge in [0.1, 0.15) is 12.9 Å². The van der Waals surface area contributed by atoms with Crippen LogP contribution in [0, 0.1) is 0 Å². The molecule has 0 bridgehead atoms. The van der Waals surface area contributed by atoms with Crippen molar-refractivity contribution in [2.24, 2.45) is 12.0 Å². The highest BCUT2D eigenvalue weighted by atomic mass is 32.2. The molecule has 1 N–H and O–H groups in total. The van der Waals surface area contributed by atoms with Crippen molar-refractivity contribution in [2.45, 2.75) is 38.8 Å². The van der Waals surface area contributed by atoms with Gasteiger partial charge in [-0.3, -0.25) is 9.67 Å². The van der Waals surface area contributed by atoms with Crippen LogP contribution in [0.1, 0.15) is 32.5 Å². The Kier molecular flexibility index (Phi) is 3.71. The van der Waals surface area contributed by atoms with Crippen LogP contribution in [0.15, 0.2) is 11.3 Å². The van der Waals surface area contributed by atoms with E-state index in [2.05, 4.69) is 34.2 Å². The standard InChI is InChI=1S/C11H19N5S/c1-4-11(5-2)7-17-10(14-11)12-6-9-13-8-16(3)15-9/h8H,4-7H2,1-3H3,(H,12,14). The number of aliphatic imine (C=N–C) groups is 1. The van der Waals surface area contributed by atoms with E-state index in [9.17, 15) is 0 Å².